The summed E-state index contributed by atoms with van der Waals surface area (Å²) >= 11 is 12.2. The van der Waals surface area contributed by atoms with Crippen LogP contribution in [0.4, 0.5) is 0 Å². The number of hydrogen-bond donors (Lipinski definition) is 5. The van der Waals surface area contributed by atoms with Gasteiger partial charge in [0.25, 0.3) is 0 Å². The summed E-state index contributed by atoms with van der Waals surface area (Å²) in [5.74, 6) is -2.18. The van der Waals surface area contributed by atoms with Crippen molar-refractivity contribution in [2.24, 2.45) is 17.6 Å². The zero-order valence-corrected chi connectivity index (χ0v) is 18.7. The number of nitrogens with zero attached hydrogens (tertiary/aromatic N) is 1. The van der Waals surface area contributed by atoms with Crippen LogP contribution in [0.1, 0.15) is 25.8 Å². The fourth-order valence-electron chi connectivity index (χ4n) is 3.82. The molecule has 1 aromatic carbocycles. The van der Waals surface area contributed by atoms with E-state index in [-0.39, 0.29) is 0 Å². The maximum atomic E-state index is 9.77. The van der Waals surface area contributed by atoms with Crippen molar-refractivity contribution < 1.29 is 34.5 Å². The summed E-state index contributed by atoms with van der Waals surface area (Å²) in [5, 5.41) is 33.8. The molecule has 0 spiro atoms. The van der Waals surface area contributed by atoms with E-state index in [1.54, 1.807) is 0 Å². The van der Waals surface area contributed by atoms with Gasteiger partial charge in [0, 0.05) is 30.4 Å². The lowest BCUT2D eigenvalue weighted by Gasteiger charge is -2.36. The molecule has 1 heterocycles. The molecule has 6 N–H and O–H groups in total. The average molecular weight is 466 g/mol. The molecule has 170 valence electrons. The van der Waals surface area contributed by atoms with Crippen LogP contribution >= 0.6 is 23.2 Å². The molecule has 1 fully saturated rings. The molecule has 0 bridgehead atoms. The molecule has 0 amide bonds. The van der Waals surface area contributed by atoms with Gasteiger partial charge in [-0.15, -0.1) is 0 Å². The smallest absolute Gasteiger partial charge is 0.335 e. The largest absolute Gasteiger partial charge is 0.479 e. The molecule has 30 heavy (non-hydrogen) atoms. The van der Waals surface area contributed by atoms with Gasteiger partial charge in [-0.3, -0.25) is 0 Å². The number of likely N-dealkylation sites (tertiary alicyclic amines) is 1. The number of carboxylic acids is 2. The maximum Gasteiger partial charge on any atom is 0.335 e. The van der Waals surface area contributed by atoms with Gasteiger partial charge < -0.3 is 30.6 Å². The molecule has 1 aliphatic heterocycles. The van der Waals surface area contributed by atoms with Crippen molar-refractivity contribution in [1.82, 2.24) is 0 Å². The van der Waals surface area contributed by atoms with Gasteiger partial charge in [-0.2, -0.15) is 0 Å². The zero-order valence-electron chi connectivity index (χ0n) is 17.2. The van der Waals surface area contributed by atoms with E-state index in [0.29, 0.717) is 21.9 Å². The highest BCUT2D eigenvalue weighted by atomic mass is 35.5. The van der Waals surface area contributed by atoms with Gasteiger partial charge in [0.1, 0.15) is 6.54 Å². The minimum Gasteiger partial charge on any atom is -0.479 e. The summed E-state index contributed by atoms with van der Waals surface area (Å²) in [7, 11) is 0. The predicted molar refractivity (Wildman–Crippen MR) is 114 cm³/mol. The van der Waals surface area contributed by atoms with Gasteiger partial charge in [-0.1, -0.05) is 43.1 Å². The quantitative estimate of drug-likeness (QED) is 0.368. The number of carbonyl (C=O) groups is 2. The highest BCUT2D eigenvalue weighted by molar-refractivity contribution is 6.42. The first-order valence-corrected chi connectivity index (χ1v) is 10.5. The first-order chi connectivity index (χ1) is 13.9. The average Bonchev–Trinajstić information content (AvgIpc) is 3.05. The number of quaternary nitrogens is 1. The Morgan fingerprint density at radius 3 is 2.10 bits per heavy atom. The Kier molecular flexibility index (Phi) is 10.5. The molecule has 1 aliphatic rings. The molecule has 0 saturated carbocycles. The van der Waals surface area contributed by atoms with Crippen LogP contribution in [-0.2, 0) is 16.1 Å². The zero-order chi connectivity index (χ0) is 23.1. The molecule has 1 aromatic rings. The number of nitrogens with two attached hydrogens (primary N) is 1. The number of benzene rings is 1. The standard InChI is InChI=1S/C16H25Cl2N2.C4H6O6/c1-12(2)9-20(6-5-14(8-19)11-20)10-13-3-4-15(17)16(18)7-13;5-1(3(7)8)2(6)4(9)10/h3-4,7,12,14H,5-6,8-11,19H2,1-2H3;1-2,5-6H,(H,7,8)(H,9,10)/q+1;/t14-,20?;/m0./s1. The predicted octanol–water partition coefficient (Wildman–Crippen LogP) is 1.82. The monoisotopic (exact) mass is 465 g/mol. The molecule has 10 heteroatoms. The Morgan fingerprint density at radius 2 is 1.70 bits per heavy atom. The summed E-state index contributed by atoms with van der Waals surface area (Å²) < 4.78 is 1.14. The van der Waals surface area contributed by atoms with Crippen molar-refractivity contribution in [1.29, 1.82) is 0 Å². The summed E-state index contributed by atoms with van der Waals surface area (Å²) in [4.78, 5) is 19.5. The third-order valence-corrected chi connectivity index (χ3v) is 5.79. The first-order valence-electron chi connectivity index (χ1n) is 9.71. The first kappa shape index (κ1) is 26.6. The normalized spacial score (nSPS) is 22.9. The van der Waals surface area contributed by atoms with Gasteiger partial charge >= 0.3 is 11.9 Å². The fourth-order valence-corrected chi connectivity index (χ4v) is 4.14. The Morgan fingerprint density at radius 1 is 1.13 bits per heavy atom. The van der Waals surface area contributed by atoms with Crippen molar-refractivity contribution in [2.75, 3.05) is 26.2 Å². The van der Waals surface area contributed by atoms with Crippen molar-refractivity contribution in [3.8, 4) is 0 Å². The van der Waals surface area contributed by atoms with Crippen LogP contribution in [0.25, 0.3) is 0 Å². The van der Waals surface area contributed by atoms with Crippen LogP contribution in [0.5, 0.6) is 0 Å². The summed E-state index contributed by atoms with van der Waals surface area (Å²) in [5.41, 5.74) is 7.15. The molecule has 2 rings (SSSR count). The lowest BCUT2D eigenvalue weighted by molar-refractivity contribution is -0.933. The van der Waals surface area contributed by atoms with E-state index in [0.717, 1.165) is 17.6 Å². The van der Waals surface area contributed by atoms with Gasteiger partial charge in [0.2, 0.25) is 0 Å². The summed E-state index contributed by atoms with van der Waals surface area (Å²) in [6, 6.07) is 6.02. The fraction of sp³-hybridized carbons (Fsp3) is 0.600. The summed E-state index contributed by atoms with van der Waals surface area (Å²) in [6.45, 7) is 10.0. The summed E-state index contributed by atoms with van der Waals surface area (Å²) in [6.07, 6.45) is -3.29. The number of carboxylic acid groups (broad SMARTS) is 2. The Labute approximate surface area is 186 Å². The van der Waals surface area contributed by atoms with E-state index < -0.39 is 24.1 Å². The second-order valence-corrected chi connectivity index (χ2v) is 9.00. The molecule has 1 saturated heterocycles. The molecular formula is C20H31Cl2N2O6+. The van der Waals surface area contributed by atoms with Gasteiger partial charge in [0.15, 0.2) is 12.2 Å². The van der Waals surface area contributed by atoms with Crippen LogP contribution < -0.4 is 5.73 Å². The molecule has 0 aliphatic carbocycles. The number of aliphatic carboxylic acids is 2. The van der Waals surface area contributed by atoms with Crippen LogP contribution in [0, 0.1) is 11.8 Å². The van der Waals surface area contributed by atoms with Crippen LogP contribution in [-0.4, -0.2) is 75.2 Å². The molecule has 0 aromatic heterocycles. The van der Waals surface area contributed by atoms with Crippen molar-refractivity contribution in [2.45, 2.75) is 39.0 Å². The number of aliphatic hydroxyl groups excluding tert-OH is 2. The van der Waals surface area contributed by atoms with E-state index in [4.69, 9.17) is 49.4 Å². The molecule has 8 nitrogen and oxygen atoms in total. The van der Waals surface area contributed by atoms with Crippen LogP contribution in [0.2, 0.25) is 10.0 Å². The minimum atomic E-state index is -2.27. The maximum absolute atomic E-state index is 9.77. The third-order valence-electron chi connectivity index (χ3n) is 5.05. The van der Waals surface area contributed by atoms with E-state index in [2.05, 4.69) is 19.9 Å². The number of rotatable bonds is 8. The topological polar surface area (TPSA) is 141 Å². The molecule has 0 radical (unpaired) electrons. The van der Waals surface area contributed by atoms with Crippen molar-refractivity contribution in [3.05, 3.63) is 33.8 Å². The highest BCUT2D eigenvalue weighted by Crippen LogP contribution is 2.30. The van der Waals surface area contributed by atoms with Crippen molar-refractivity contribution in [3.63, 3.8) is 0 Å². The van der Waals surface area contributed by atoms with E-state index >= 15 is 0 Å². The Bertz CT molecular complexity index is 715. The highest BCUT2D eigenvalue weighted by Gasteiger charge is 2.38. The van der Waals surface area contributed by atoms with Crippen molar-refractivity contribution >= 4 is 35.1 Å². The van der Waals surface area contributed by atoms with E-state index in [1.165, 1.54) is 31.6 Å². The molecule has 3 unspecified atom stereocenters. The van der Waals surface area contributed by atoms with Gasteiger partial charge in [0.05, 0.1) is 29.7 Å². The molecular weight excluding hydrogens is 435 g/mol. The van der Waals surface area contributed by atoms with Gasteiger partial charge in [-0.25, -0.2) is 9.59 Å². The lowest BCUT2D eigenvalue weighted by Crippen LogP contribution is -2.48. The molecule has 4 atom stereocenters. The van der Waals surface area contributed by atoms with Crippen LogP contribution in [0.3, 0.4) is 0 Å². The van der Waals surface area contributed by atoms with Gasteiger partial charge in [-0.05, 0) is 12.1 Å². The second kappa shape index (κ2) is 11.8. The van der Waals surface area contributed by atoms with E-state index in [9.17, 15) is 9.59 Å². The number of hydrogen-bond acceptors (Lipinski definition) is 5. The Hall–Kier alpha value is -1.42. The second-order valence-electron chi connectivity index (χ2n) is 8.19. The SMILES string of the molecule is CC(C)C[N+]1(Cc2ccc(Cl)c(Cl)c2)CC[C@@H](CN)C1.O=C(O)C(O)C(O)C(=O)O. The number of aliphatic hydroxyl groups is 2. The third kappa shape index (κ3) is 8.02. The lowest BCUT2D eigenvalue weighted by atomic mass is 10.1. The minimum absolute atomic E-state index is 0.632. The van der Waals surface area contributed by atoms with Crippen LogP contribution in [0.15, 0.2) is 18.2 Å². The van der Waals surface area contributed by atoms with E-state index in [1.807, 2.05) is 12.1 Å². The number of halogens is 2. The Balaban J connectivity index is 0.000000382.